The molecule has 0 radical (unpaired) electrons. The molecule has 4 heteroatoms. The molecule has 1 aromatic heterocycles. The average molecular weight is 267 g/mol. The fourth-order valence-electron chi connectivity index (χ4n) is 1.44. The molecule has 0 fully saturated rings. The van der Waals surface area contributed by atoms with Gasteiger partial charge in [0.2, 0.25) is 0 Å². The van der Waals surface area contributed by atoms with Crippen LogP contribution in [0.25, 0.3) is 11.4 Å². The molecule has 0 N–H and O–H groups in total. The number of ether oxygens (including phenoxy) is 1. The molecule has 0 bridgehead atoms. The molecule has 2 rings (SSSR count). The highest BCUT2D eigenvalue weighted by Gasteiger charge is 2.07. The Balaban J connectivity index is 2.43. The van der Waals surface area contributed by atoms with Gasteiger partial charge in [0.1, 0.15) is 17.2 Å². The van der Waals surface area contributed by atoms with Crippen molar-refractivity contribution >= 4 is 15.9 Å². The van der Waals surface area contributed by atoms with E-state index in [4.69, 9.17) is 4.74 Å². The van der Waals surface area contributed by atoms with Crippen LogP contribution in [-0.4, -0.2) is 16.7 Å². The van der Waals surface area contributed by atoms with Crippen LogP contribution in [0.2, 0.25) is 0 Å². The Hall–Kier alpha value is -1.13. The molecule has 2 aromatic rings. The summed E-state index contributed by atoms with van der Waals surface area (Å²) in [7, 11) is 1.67. The summed E-state index contributed by atoms with van der Waals surface area (Å²) in [5.74, 6) is 0.907. The van der Waals surface area contributed by atoms with Crippen LogP contribution in [-0.2, 0) is 11.5 Å². The number of rotatable bonds is 3. The lowest BCUT2D eigenvalue weighted by atomic mass is 10.2. The van der Waals surface area contributed by atoms with Crippen LogP contribution in [0.3, 0.4) is 0 Å². The first kappa shape index (κ1) is 10.4. The largest absolute Gasteiger partial charge is 0.364 e. The molecule has 0 atom stereocenters. The Morgan fingerprint density at radius 2 is 2.07 bits per heavy atom. The monoisotopic (exact) mass is 266 g/mol. The molecule has 0 unspecified atom stereocenters. The molecular formula is C11H11BrN2O. The minimum Gasteiger partial charge on any atom is -0.364 e. The second-order valence-corrected chi connectivity index (χ2v) is 3.95. The zero-order chi connectivity index (χ0) is 10.7. The van der Waals surface area contributed by atoms with E-state index in [9.17, 15) is 0 Å². The number of aromatic nitrogens is 2. The first-order valence-electron chi connectivity index (χ1n) is 4.58. The Bertz CT molecular complexity index is 439. The maximum Gasteiger partial charge on any atom is 0.143 e. The van der Waals surface area contributed by atoms with E-state index in [-0.39, 0.29) is 0 Å². The van der Waals surface area contributed by atoms with Gasteiger partial charge in [-0.05, 0) is 15.9 Å². The van der Waals surface area contributed by atoms with Crippen molar-refractivity contribution in [3.8, 4) is 11.4 Å². The molecule has 0 saturated heterocycles. The number of nitrogens with zero attached hydrogens (tertiary/aromatic N) is 2. The van der Waals surface area contributed by atoms with Crippen molar-refractivity contribution in [1.82, 2.24) is 9.55 Å². The van der Waals surface area contributed by atoms with Crippen LogP contribution in [0.4, 0.5) is 0 Å². The number of hydrogen-bond acceptors (Lipinski definition) is 2. The van der Waals surface area contributed by atoms with Crippen LogP contribution in [0.15, 0.2) is 41.1 Å². The van der Waals surface area contributed by atoms with Crippen molar-refractivity contribution in [2.24, 2.45) is 0 Å². The van der Waals surface area contributed by atoms with Gasteiger partial charge in [-0.1, -0.05) is 30.3 Å². The normalized spacial score (nSPS) is 10.5. The van der Waals surface area contributed by atoms with E-state index >= 15 is 0 Å². The van der Waals surface area contributed by atoms with E-state index in [0.717, 1.165) is 16.0 Å². The first-order chi connectivity index (χ1) is 7.31. The van der Waals surface area contributed by atoms with Crippen LogP contribution >= 0.6 is 15.9 Å². The number of methoxy groups -OCH3 is 1. The highest BCUT2D eigenvalue weighted by Crippen LogP contribution is 2.20. The van der Waals surface area contributed by atoms with Gasteiger partial charge < -0.3 is 9.30 Å². The topological polar surface area (TPSA) is 27.1 Å². The lowest BCUT2D eigenvalue weighted by Gasteiger charge is -2.05. The Morgan fingerprint density at radius 1 is 1.33 bits per heavy atom. The fourth-order valence-corrected chi connectivity index (χ4v) is 1.85. The second kappa shape index (κ2) is 4.59. The predicted octanol–water partition coefficient (Wildman–Crippen LogP) is 2.92. The van der Waals surface area contributed by atoms with E-state index in [1.165, 1.54) is 0 Å². The average Bonchev–Trinajstić information content (AvgIpc) is 2.62. The van der Waals surface area contributed by atoms with E-state index in [2.05, 4.69) is 20.9 Å². The van der Waals surface area contributed by atoms with Crippen molar-refractivity contribution in [3.63, 3.8) is 0 Å². The Morgan fingerprint density at radius 3 is 2.73 bits per heavy atom. The van der Waals surface area contributed by atoms with E-state index < -0.39 is 0 Å². The minimum absolute atomic E-state index is 0.503. The number of halogens is 1. The van der Waals surface area contributed by atoms with Crippen molar-refractivity contribution in [1.29, 1.82) is 0 Å². The molecule has 78 valence electrons. The van der Waals surface area contributed by atoms with Gasteiger partial charge in [0.15, 0.2) is 0 Å². The first-order valence-corrected chi connectivity index (χ1v) is 5.37. The predicted molar refractivity (Wildman–Crippen MR) is 62.4 cm³/mol. The SMILES string of the molecule is COCn1cc(Br)nc1-c1ccccc1. The van der Waals surface area contributed by atoms with Crippen molar-refractivity contribution in [2.75, 3.05) is 7.11 Å². The van der Waals surface area contributed by atoms with Gasteiger partial charge in [0.05, 0.1) is 0 Å². The summed E-state index contributed by atoms with van der Waals surface area (Å²) in [6.45, 7) is 0.503. The van der Waals surface area contributed by atoms with Gasteiger partial charge in [-0.15, -0.1) is 0 Å². The van der Waals surface area contributed by atoms with Crippen molar-refractivity contribution < 1.29 is 4.74 Å². The summed E-state index contributed by atoms with van der Waals surface area (Å²) in [6.07, 6.45) is 1.91. The van der Waals surface area contributed by atoms with Gasteiger partial charge in [-0.3, -0.25) is 0 Å². The third kappa shape index (κ3) is 2.27. The second-order valence-electron chi connectivity index (χ2n) is 3.14. The molecule has 0 aliphatic heterocycles. The third-order valence-electron chi connectivity index (χ3n) is 2.05. The zero-order valence-electron chi connectivity index (χ0n) is 8.35. The van der Waals surface area contributed by atoms with Gasteiger partial charge in [0.25, 0.3) is 0 Å². The number of imidazole rings is 1. The van der Waals surface area contributed by atoms with Crippen molar-refractivity contribution in [2.45, 2.75) is 6.73 Å². The molecule has 3 nitrogen and oxygen atoms in total. The quantitative estimate of drug-likeness (QED) is 0.854. The Kier molecular flexibility index (Phi) is 3.18. The number of hydrogen-bond donors (Lipinski definition) is 0. The highest BCUT2D eigenvalue weighted by atomic mass is 79.9. The summed E-state index contributed by atoms with van der Waals surface area (Å²) in [4.78, 5) is 4.40. The third-order valence-corrected chi connectivity index (χ3v) is 2.43. The molecule has 0 saturated carbocycles. The number of benzene rings is 1. The highest BCUT2D eigenvalue weighted by molar-refractivity contribution is 9.10. The van der Waals surface area contributed by atoms with Crippen LogP contribution in [0.1, 0.15) is 0 Å². The smallest absolute Gasteiger partial charge is 0.143 e. The molecule has 15 heavy (non-hydrogen) atoms. The summed E-state index contributed by atoms with van der Waals surface area (Å²) in [6, 6.07) is 10.0. The van der Waals surface area contributed by atoms with E-state index in [0.29, 0.717) is 6.73 Å². The summed E-state index contributed by atoms with van der Waals surface area (Å²) >= 11 is 3.36. The van der Waals surface area contributed by atoms with E-state index in [1.807, 2.05) is 41.1 Å². The maximum absolute atomic E-state index is 5.11. The molecule has 1 aromatic carbocycles. The lowest BCUT2D eigenvalue weighted by molar-refractivity contribution is 0.132. The molecule has 1 heterocycles. The molecule has 0 spiro atoms. The fraction of sp³-hybridized carbons (Fsp3) is 0.182. The Labute approximate surface area is 96.8 Å². The molecular weight excluding hydrogens is 256 g/mol. The van der Waals surface area contributed by atoms with E-state index in [1.54, 1.807) is 7.11 Å². The molecule has 0 aliphatic rings. The zero-order valence-corrected chi connectivity index (χ0v) is 9.94. The standard InChI is InChI=1S/C11H11BrN2O/c1-15-8-14-7-10(12)13-11(14)9-5-3-2-4-6-9/h2-7H,8H2,1H3. The lowest BCUT2D eigenvalue weighted by Crippen LogP contribution is -2.00. The van der Waals surface area contributed by atoms with Gasteiger partial charge in [-0.25, -0.2) is 4.98 Å². The van der Waals surface area contributed by atoms with Crippen LogP contribution < -0.4 is 0 Å². The van der Waals surface area contributed by atoms with Gasteiger partial charge in [0, 0.05) is 18.9 Å². The van der Waals surface area contributed by atoms with Gasteiger partial charge in [-0.2, -0.15) is 0 Å². The summed E-state index contributed by atoms with van der Waals surface area (Å²) in [5.41, 5.74) is 1.08. The van der Waals surface area contributed by atoms with Crippen LogP contribution in [0, 0.1) is 0 Å². The van der Waals surface area contributed by atoms with Crippen LogP contribution in [0.5, 0.6) is 0 Å². The maximum atomic E-state index is 5.11. The van der Waals surface area contributed by atoms with Crippen molar-refractivity contribution in [3.05, 3.63) is 41.1 Å². The molecule has 0 aliphatic carbocycles. The minimum atomic E-state index is 0.503. The summed E-state index contributed by atoms with van der Waals surface area (Å²) in [5, 5.41) is 0. The van der Waals surface area contributed by atoms with Gasteiger partial charge >= 0.3 is 0 Å². The summed E-state index contributed by atoms with van der Waals surface area (Å²) < 4.78 is 7.88. The molecule has 0 amide bonds.